The zero-order valence-corrected chi connectivity index (χ0v) is 18.0. The number of nitriles is 1. The van der Waals surface area contributed by atoms with Crippen LogP contribution < -0.4 is 15.4 Å². The summed E-state index contributed by atoms with van der Waals surface area (Å²) in [5, 5.41) is 15.5. The lowest BCUT2D eigenvalue weighted by Gasteiger charge is -2.32. The normalized spacial score (nSPS) is 15.2. The average molecular weight is 419 g/mol. The van der Waals surface area contributed by atoms with Gasteiger partial charge in [0.2, 0.25) is 0 Å². The van der Waals surface area contributed by atoms with Crippen molar-refractivity contribution in [2.75, 3.05) is 26.7 Å². The number of benzene rings is 2. The molecule has 1 heterocycles. The van der Waals surface area contributed by atoms with Crippen LogP contribution in [0.3, 0.4) is 0 Å². The molecule has 0 aliphatic carbocycles. The monoisotopic (exact) mass is 418 g/mol. The number of nitrogens with zero attached hydrogens (tertiary/aromatic N) is 2. The van der Waals surface area contributed by atoms with Gasteiger partial charge in [-0.1, -0.05) is 42.5 Å². The molecule has 0 unspecified atom stereocenters. The number of likely N-dealkylation sites (tertiary alicyclic amines) is 1. The van der Waals surface area contributed by atoms with E-state index in [4.69, 9.17) is 4.74 Å². The number of piperidine rings is 1. The zero-order valence-electron chi connectivity index (χ0n) is 18.0. The van der Waals surface area contributed by atoms with E-state index in [1.807, 2.05) is 36.4 Å². The SMILES string of the molecule is COc1ccc(CCNC(=O)/C(C#N)=C\NC2CCN(Cc3ccccc3)CC2)cc1. The summed E-state index contributed by atoms with van der Waals surface area (Å²) in [6, 6.07) is 20.5. The second kappa shape index (κ2) is 11.8. The quantitative estimate of drug-likeness (QED) is 0.484. The number of hydrogen-bond acceptors (Lipinski definition) is 5. The number of methoxy groups -OCH3 is 1. The molecule has 0 bridgehead atoms. The Morgan fingerprint density at radius 3 is 2.48 bits per heavy atom. The van der Waals surface area contributed by atoms with Crippen molar-refractivity contribution in [2.45, 2.75) is 31.8 Å². The zero-order chi connectivity index (χ0) is 21.9. The summed E-state index contributed by atoms with van der Waals surface area (Å²) in [5.74, 6) is 0.462. The van der Waals surface area contributed by atoms with E-state index in [-0.39, 0.29) is 17.5 Å². The third kappa shape index (κ3) is 7.16. The van der Waals surface area contributed by atoms with Crippen molar-refractivity contribution in [3.05, 3.63) is 77.5 Å². The third-order valence-electron chi connectivity index (χ3n) is 5.52. The van der Waals surface area contributed by atoms with Gasteiger partial charge in [-0.3, -0.25) is 9.69 Å². The number of carbonyl (C=O) groups is 1. The minimum absolute atomic E-state index is 0.112. The highest BCUT2D eigenvalue weighted by molar-refractivity contribution is 5.97. The van der Waals surface area contributed by atoms with Crippen LogP contribution in [0.1, 0.15) is 24.0 Å². The first-order valence-electron chi connectivity index (χ1n) is 10.7. The van der Waals surface area contributed by atoms with Gasteiger partial charge in [0.1, 0.15) is 17.4 Å². The van der Waals surface area contributed by atoms with Crippen LogP contribution >= 0.6 is 0 Å². The average Bonchev–Trinajstić information content (AvgIpc) is 2.81. The van der Waals surface area contributed by atoms with Crippen LogP contribution in [-0.4, -0.2) is 43.6 Å². The number of nitrogens with one attached hydrogen (secondary N) is 2. The molecule has 1 saturated heterocycles. The Kier molecular flexibility index (Phi) is 8.50. The predicted molar refractivity (Wildman–Crippen MR) is 121 cm³/mol. The second-order valence-corrected chi connectivity index (χ2v) is 7.73. The molecule has 2 aromatic carbocycles. The van der Waals surface area contributed by atoms with Gasteiger partial charge in [-0.05, 0) is 42.5 Å². The Morgan fingerprint density at radius 1 is 1.13 bits per heavy atom. The summed E-state index contributed by atoms with van der Waals surface area (Å²) < 4.78 is 5.14. The van der Waals surface area contributed by atoms with Crippen molar-refractivity contribution in [1.82, 2.24) is 15.5 Å². The molecule has 162 valence electrons. The van der Waals surface area contributed by atoms with Gasteiger partial charge in [0.05, 0.1) is 7.11 Å². The highest BCUT2D eigenvalue weighted by Gasteiger charge is 2.19. The molecule has 3 rings (SSSR count). The van der Waals surface area contributed by atoms with Crippen LogP contribution in [0, 0.1) is 11.3 Å². The Balaban J connectivity index is 1.39. The van der Waals surface area contributed by atoms with E-state index in [2.05, 4.69) is 39.8 Å². The lowest BCUT2D eigenvalue weighted by molar-refractivity contribution is -0.117. The van der Waals surface area contributed by atoms with Gasteiger partial charge in [0, 0.05) is 38.4 Å². The van der Waals surface area contributed by atoms with Crippen molar-refractivity contribution < 1.29 is 9.53 Å². The van der Waals surface area contributed by atoms with Gasteiger partial charge < -0.3 is 15.4 Å². The molecule has 2 aromatic rings. The van der Waals surface area contributed by atoms with Gasteiger partial charge in [0.15, 0.2) is 0 Å². The van der Waals surface area contributed by atoms with E-state index in [1.165, 1.54) is 5.56 Å². The van der Waals surface area contributed by atoms with Crippen molar-refractivity contribution in [3.8, 4) is 11.8 Å². The fourth-order valence-corrected chi connectivity index (χ4v) is 3.66. The largest absolute Gasteiger partial charge is 0.497 e. The summed E-state index contributed by atoms with van der Waals surface area (Å²) >= 11 is 0. The van der Waals surface area contributed by atoms with Gasteiger partial charge in [0.25, 0.3) is 5.91 Å². The second-order valence-electron chi connectivity index (χ2n) is 7.73. The number of hydrogen-bond donors (Lipinski definition) is 2. The number of carbonyl (C=O) groups excluding carboxylic acids is 1. The summed E-state index contributed by atoms with van der Waals surface area (Å²) in [7, 11) is 1.63. The number of amides is 1. The van der Waals surface area contributed by atoms with Gasteiger partial charge >= 0.3 is 0 Å². The first-order chi connectivity index (χ1) is 15.2. The third-order valence-corrected chi connectivity index (χ3v) is 5.52. The van der Waals surface area contributed by atoms with E-state index < -0.39 is 0 Å². The smallest absolute Gasteiger partial charge is 0.263 e. The predicted octanol–water partition coefficient (Wildman–Crippen LogP) is 3.02. The molecular formula is C25H30N4O2. The Morgan fingerprint density at radius 2 is 1.84 bits per heavy atom. The molecule has 6 nitrogen and oxygen atoms in total. The Bertz CT molecular complexity index is 895. The van der Waals surface area contributed by atoms with Crippen LogP contribution in [0.25, 0.3) is 0 Å². The maximum atomic E-state index is 12.3. The van der Waals surface area contributed by atoms with E-state index in [9.17, 15) is 10.1 Å². The lowest BCUT2D eigenvalue weighted by Crippen LogP contribution is -2.40. The fourth-order valence-electron chi connectivity index (χ4n) is 3.66. The van der Waals surface area contributed by atoms with E-state index in [1.54, 1.807) is 13.3 Å². The summed E-state index contributed by atoms with van der Waals surface area (Å²) in [4.78, 5) is 14.8. The van der Waals surface area contributed by atoms with Crippen LogP contribution in [0.15, 0.2) is 66.4 Å². The van der Waals surface area contributed by atoms with Crippen molar-refractivity contribution in [1.29, 1.82) is 5.26 Å². The van der Waals surface area contributed by atoms with E-state index in [0.717, 1.165) is 43.8 Å². The molecule has 0 atom stereocenters. The molecule has 6 heteroatoms. The minimum atomic E-state index is -0.343. The molecule has 1 fully saturated rings. The molecule has 0 aromatic heterocycles. The van der Waals surface area contributed by atoms with Crippen molar-refractivity contribution in [3.63, 3.8) is 0 Å². The van der Waals surface area contributed by atoms with Crippen molar-refractivity contribution >= 4 is 5.91 Å². The van der Waals surface area contributed by atoms with E-state index >= 15 is 0 Å². The maximum Gasteiger partial charge on any atom is 0.263 e. The summed E-state index contributed by atoms with van der Waals surface area (Å²) in [6.07, 6.45) is 4.24. The molecule has 1 amide bonds. The number of rotatable bonds is 9. The Labute approximate surface area is 184 Å². The van der Waals surface area contributed by atoms with Crippen LogP contribution in [0.4, 0.5) is 0 Å². The van der Waals surface area contributed by atoms with Gasteiger partial charge in [-0.25, -0.2) is 0 Å². The Hall–Kier alpha value is -3.30. The molecule has 0 saturated carbocycles. The first kappa shape index (κ1) is 22.4. The summed E-state index contributed by atoms with van der Waals surface area (Å²) in [5.41, 5.74) is 2.54. The number of ether oxygens (including phenoxy) is 1. The maximum absolute atomic E-state index is 12.3. The molecule has 1 aliphatic rings. The van der Waals surface area contributed by atoms with Crippen molar-refractivity contribution in [2.24, 2.45) is 0 Å². The summed E-state index contributed by atoms with van der Waals surface area (Å²) in [6.45, 7) is 3.43. The van der Waals surface area contributed by atoms with Crippen LogP contribution in [0.2, 0.25) is 0 Å². The van der Waals surface area contributed by atoms with Crippen LogP contribution in [0.5, 0.6) is 5.75 Å². The topological polar surface area (TPSA) is 77.4 Å². The minimum Gasteiger partial charge on any atom is -0.497 e. The van der Waals surface area contributed by atoms with Crippen LogP contribution in [-0.2, 0) is 17.8 Å². The molecule has 31 heavy (non-hydrogen) atoms. The van der Waals surface area contributed by atoms with Gasteiger partial charge in [-0.15, -0.1) is 0 Å². The highest BCUT2D eigenvalue weighted by atomic mass is 16.5. The molecule has 0 radical (unpaired) electrons. The molecular weight excluding hydrogens is 388 g/mol. The molecule has 2 N–H and O–H groups in total. The molecule has 0 spiro atoms. The highest BCUT2D eigenvalue weighted by Crippen LogP contribution is 2.14. The first-order valence-corrected chi connectivity index (χ1v) is 10.7. The standard InChI is InChI=1S/C25H30N4O2/c1-31-24-9-7-20(8-10-24)11-14-27-25(30)22(17-26)18-28-23-12-15-29(16-13-23)19-21-5-3-2-4-6-21/h2-10,18,23,28H,11-16,19H2,1H3,(H,27,30)/b22-18-. The fraction of sp³-hybridized carbons (Fsp3) is 0.360. The lowest BCUT2D eigenvalue weighted by atomic mass is 10.0. The van der Waals surface area contributed by atoms with Gasteiger partial charge in [-0.2, -0.15) is 5.26 Å². The molecule has 1 aliphatic heterocycles. The van der Waals surface area contributed by atoms with E-state index in [0.29, 0.717) is 13.0 Å².